The lowest BCUT2D eigenvalue weighted by Gasteiger charge is -1.83. The van der Waals surface area contributed by atoms with Crippen LogP contribution in [0.1, 0.15) is 0 Å². The Morgan fingerprint density at radius 1 is 2.00 bits per heavy atom. The van der Waals surface area contributed by atoms with Crippen LogP contribution in [0.4, 0.5) is 0 Å². The Morgan fingerprint density at radius 3 is 2.60 bits per heavy atom. The molecule has 0 bridgehead atoms. The summed E-state index contributed by atoms with van der Waals surface area (Å²) in [6.07, 6.45) is 1.75. The molecule has 0 aliphatic heterocycles. The number of hydrogen-bond acceptors (Lipinski definition) is 3. The Balaban J connectivity index is 2.19. The summed E-state index contributed by atoms with van der Waals surface area (Å²) in [5.41, 5.74) is 0. The molecule has 0 aromatic rings. The van der Waals surface area contributed by atoms with E-state index in [1.165, 1.54) is 0 Å². The van der Waals surface area contributed by atoms with Gasteiger partial charge in [0.25, 0.3) is 0 Å². The first kappa shape index (κ1) is 5.27. The van der Waals surface area contributed by atoms with Gasteiger partial charge in [0.2, 0.25) is 0 Å². The van der Waals surface area contributed by atoms with Crippen LogP contribution in [0.5, 0.6) is 0 Å². The van der Waals surface area contributed by atoms with Crippen LogP contribution in [-0.2, 0) is 4.18 Å². The second kappa shape index (κ2) is 4.27. The molecule has 0 radical (unpaired) electrons. The maximum absolute atomic E-state index is 7.82. The van der Waals surface area contributed by atoms with Gasteiger partial charge < -0.3 is 5.11 Å². The van der Waals surface area contributed by atoms with Gasteiger partial charge >= 0.3 is 0 Å². The van der Waals surface area contributed by atoms with Crippen LogP contribution in [0.3, 0.4) is 0 Å². The molecule has 0 fully saturated rings. The Hall–Kier alpha value is 0.270. The van der Waals surface area contributed by atoms with E-state index in [1.807, 2.05) is 0 Å². The zero-order chi connectivity index (χ0) is 4.12. The lowest BCUT2D eigenvalue weighted by molar-refractivity contribution is 0.120. The van der Waals surface area contributed by atoms with E-state index in [0.717, 1.165) is 12.0 Å². The zero-order valence-electron chi connectivity index (χ0n) is 2.97. The van der Waals surface area contributed by atoms with Crippen molar-refractivity contribution in [2.75, 3.05) is 13.0 Å². The van der Waals surface area contributed by atoms with Gasteiger partial charge in [-0.25, -0.2) is 0 Å². The second-order valence-corrected chi connectivity index (χ2v) is 0.983. The molecule has 0 aromatic carbocycles. The van der Waals surface area contributed by atoms with Crippen molar-refractivity contribution in [1.29, 1.82) is 0 Å². The Morgan fingerprint density at radius 2 is 2.60 bits per heavy atom. The molecule has 0 aliphatic carbocycles. The topological polar surface area (TPSA) is 29.5 Å². The van der Waals surface area contributed by atoms with Crippen molar-refractivity contribution in [1.82, 2.24) is 0 Å². The van der Waals surface area contributed by atoms with Gasteiger partial charge in [-0.2, -0.15) is 0 Å². The number of hydrogen-bond donors (Lipinski definition) is 1. The number of aliphatic hydroxyl groups is 1. The lowest BCUT2D eigenvalue weighted by atomic mass is 11.6. The fraction of sp³-hybridized carbons (Fsp3) is 1.00. The van der Waals surface area contributed by atoms with Crippen molar-refractivity contribution in [3.05, 3.63) is 0 Å². The predicted octanol–water partition coefficient (Wildman–Crippen LogP) is 0.231. The molecule has 0 rings (SSSR count). The predicted molar refractivity (Wildman–Crippen MR) is 21.7 cm³/mol. The molecule has 0 spiro atoms. The molecule has 5 heavy (non-hydrogen) atoms. The molecule has 0 heterocycles. The average molecular weight is 94.1 g/mol. The highest BCUT2D eigenvalue weighted by molar-refractivity contribution is 7.93. The quantitative estimate of drug-likeness (QED) is 0.392. The third kappa shape index (κ3) is 4.27. The van der Waals surface area contributed by atoms with Crippen molar-refractivity contribution in [2.24, 2.45) is 0 Å². The standard InChI is InChI=1S/C2H6O2S/c1-5-4-2-3/h3H,2H2,1H3. The van der Waals surface area contributed by atoms with E-state index in [1.54, 1.807) is 6.26 Å². The van der Waals surface area contributed by atoms with Crippen LogP contribution in [0.2, 0.25) is 0 Å². The summed E-state index contributed by atoms with van der Waals surface area (Å²) in [7, 11) is 0. The van der Waals surface area contributed by atoms with Crippen molar-refractivity contribution in [2.45, 2.75) is 0 Å². The highest BCUT2D eigenvalue weighted by Crippen LogP contribution is 1.88. The van der Waals surface area contributed by atoms with Gasteiger partial charge in [0, 0.05) is 6.26 Å². The molecule has 0 amide bonds. The molecule has 0 saturated carbocycles. The Bertz CT molecular complexity index is 15.1. The van der Waals surface area contributed by atoms with Crippen LogP contribution >= 0.6 is 12.0 Å². The third-order valence-electron chi connectivity index (χ3n) is 0.171. The van der Waals surface area contributed by atoms with Gasteiger partial charge in [-0.15, -0.1) is 0 Å². The van der Waals surface area contributed by atoms with E-state index in [9.17, 15) is 0 Å². The zero-order valence-corrected chi connectivity index (χ0v) is 3.79. The summed E-state index contributed by atoms with van der Waals surface area (Å²) in [5, 5.41) is 7.82. The minimum atomic E-state index is -0.193. The molecule has 3 heteroatoms. The van der Waals surface area contributed by atoms with Gasteiger partial charge in [0.05, 0.1) is 0 Å². The van der Waals surface area contributed by atoms with Gasteiger partial charge in [-0.3, -0.25) is 4.18 Å². The second-order valence-electron chi connectivity index (χ2n) is 0.414. The van der Waals surface area contributed by atoms with E-state index < -0.39 is 0 Å². The van der Waals surface area contributed by atoms with E-state index in [0.29, 0.717) is 0 Å². The lowest BCUT2D eigenvalue weighted by Crippen LogP contribution is -1.76. The smallest absolute Gasteiger partial charge is 0.156 e. The third-order valence-corrected chi connectivity index (χ3v) is 0.512. The van der Waals surface area contributed by atoms with Gasteiger partial charge in [-0.05, 0) is 12.0 Å². The van der Waals surface area contributed by atoms with Crippen LogP contribution in [0, 0.1) is 0 Å². The minimum Gasteiger partial charge on any atom is -0.370 e. The van der Waals surface area contributed by atoms with E-state index in [2.05, 4.69) is 4.18 Å². The summed E-state index contributed by atoms with van der Waals surface area (Å²) < 4.78 is 4.31. The first-order chi connectivity index (χ1) is 2.41. The van der Waals surface area contributed by atoms with Crippen molar-refractivity contribution in [3.63, 3.8) is 0 Å². The molecule has 1 N–H and O–H groups in total. The molecular formula is C2H6O2S. The summed E-state index contributed by atoms with van der Waals surface area (Å²) in [4.78, 5) is 0. The largest absolute Gasteiger partial charge is 0.370 e. The van der Waals surface area contributed by atoms with Gasteiger partial charge in [-0.1, -0.05) is 0 Å². The summed E-state index contributed by atoms with van der Waals surface area (Å²) in [6.45, 7) is -0.193. The first-order valence-electron chi connectivity index (χ1n) is 1.18. The summed E-state index contributed by atoms with van der Waals surface area (Å²) in [5.74, 6) is 0. The summed E-state index contributed by atoms with van der Waals surface area (Å²) >= 11 is 1.15. The molecule has 0 atom stereocenters. The van der Waals surface area contributed by atoms with E-state index >= 15 is 0 Å². The van der Waals surface area contributed by atoms with Crippen LogP contribution in [-0.4, -0.2) is 18.2 Å². The van der Waals surface area contributed by atoms with Crippen LogP contribution < -0.4 is 0 Å². The van der Waals surface area contributed by atoms with Crippen molar-refractivity contribution in [3.8, 4) is 0 Å². The highest BCUT2D eigenvalue weighted by Gasteiger charge is 1.66. The Kier molecular flexibility index (Phi) is 4.50. The van der Waals surface area contributed by atoms with E-state index in [-0.39, 0.29) is 6.79 Å². The van der Waals surface area contributed by atoms with Crippen molar-refractivity contribution < 1.29 is 9.29 Å². The SMILES string of the molecule is CSOCO. The highest BCUT2D eigenvalue weighted by atomic mass is 32.2. The molecule has 2 nitrogen and oxygen atoms in total. The first-order valence-corrected chi connectivity index (χ1v) is 2.33. The Labute approximate surface area is 35.3 Å². The summed E-state index contributed by atoms with van der Waals surface area (Å²) in [6, 6.07) is 0. The van der Waals surface area contributed by atoms with E-state index in [4.69, 9.17) is 5.11 Å². The normalized spacial score (nSPS) is 8.40. The fourth-order valence-electron chi connectivity index (χ4n) is 0.0527. The minimum absolute atomic E-state index is 0.193. The monoisotopic (exact) mass is 94.0 g/mol. The molecule has 0 aromatic heterocycles. The number of aliphatic hydroxyl groups excluding tert-OH is 1. The molecule has 0 saturated heterocycles. The van der Waals surface area contributed by atoms with Gasteiger partial charge in [0.15, 0.2) is 6.79 Å². The fourth-order valence-corrected chi connectivity index (χ4v) is 0.158. The van der Waals surface area contributed by atoms with Crippen LogP contribution in [0.25, 0.3) is 0 Å². The maximum atomic E-state index is 7.82. The maximum Gasteiger partial charge on any atom is 0.156 e. The molecule has 0 unspecified atom stereocenters. The van der Waals surface area contributed by atoms with Crippen LogP contribution in [0.15, 0.2) is 0 Å². The molecule has 0 aliphatic rings. The molecule has 32 valence electrons. The van der Waals surface area contributed by atoms with Gasteiger partial charge in [0.1, 0.15) is 0 Å². The number of rotatable bonds is 2. The average Bonchev–Trinajstić information content (AvgIpc) is 1.41. The molecular weight excluding hydrogens is 88.1 g/mol. The van der Waals surface area contributed by atoms with Crippen molar-refractivity contribution >= 4 is 12.0 Å².